The number of carbonyl (C=O) groups is 1. The summed E-state index contributed by atoms with van der Waals surface area (Å²) in [6.07, 6.45) is 1.20. The van der Waals surface area contributed by atoms with Gasteiger partial charge in [-0.1, -0.05) is 11.6 Å². The summed E-state index contributed by atoms with van der Waals surface area (Å²) in [6.45, 7) is 2.99. The molecule has 1 N–H and O–H groups in total. The number of halogens is 1. The van der Waals surface area contributed by atoms with Crippen molar-refractivity contribution in [2.75, 3.05) is 19.7 Å². The van der Waals surface area contributed by atoms with Crippen molar-refractivity contribution < 1.29 is 9.90 Å². The fourth-order valence-corrected chi connectivity index (χ4v) is 2.54. The summed E-state index contributed by atoms with van der Waals surface area (Å²) >= 11 is 7.31. The Morgan fingerprint density at radius 3 is 2.81 bits per heavy atom. The van der Waals surface area contributed by atoms with Crippen LogP contribution in [0.15, 0.2) is 12.1 Å². The molecule has 0 aliphatic rings. The van der Waals surface area contributed by atoms with Gasteiger partial charge in [-0.3, -0.25) is 4.79 Å². The highest BCUT2D eigenvalue weighted by Crippen LogP contribution is 2.22. The van der Waals surface area contributed by atoms with Crippen LogP contribution in [0.4, 0.5) is 0 Å². The van der Waals surface area contributed by atoms with E-state index in [2.05, 4.69) is 0 Å². The molecule has 1 heterocycles. The van der Waals surface area contributed by atoms with E-state index in [0.717, 1.165) is 15.6 Å². The molecule has 5 heteroatoms. The minimum Gasteiger partial charge on any atom is -0.395 e. The van der Waals surface area contributed by atoms with Crippen LogP contribution in [0.5, 0.6) is 0 Å². The van der Waals surface area contributed by atoms with E-state index < -0.39 is 0 Å². The molecule has 0 unspecified atom stereocenters. The average Bonchev–Trinajstić information content (AvgIpc) is 2.68. The number of thiophene rings is 1. The summed E-state index contributed by atoms with van der Waals surface area (Å²) in [5.41, 5.74) is 0. The average molecular weight is 262 g/mol. The molecule has 0 saturated heterocycles. The van der Waals surface area contributed by atoms with Crippen LogP contribution in [0.1, 0.15) is 18.2 Å². The lowest BCUT2D eigenvalue weighted by Crippen LogP contribution is -2.33. The molecule has 0 aliphatic heterocycles. The molecular formula is C11H16ClNO2S. The lowest BCUT2D eigenvalue weighted by atomic mass is 10.2. The molecule has 0 spiro atoms. The second-order valence-corrected chi connectivity index (χ2v) is 5.20. The van der Waals surface area contributed by atoms with Gasteiger partial charge in [-0.25, -0.2) is 0 Å². The first-order chi connectivity index (χ1) is 7.67. The number of hydrogen-bond donors (Lipinski definition) is 1. The molecular weight excluding hydrogens is 246 g/mol. The van der Waals surface area contributed by atoms with Crippen molar-refractivity contribution >= 4 is 28.8 Å². The van der Waals surface area contributed by atoms with E-state index in [9.17, 15) is 4.79 Å². The van der Waals surface area contributed by atoms with Crippen molar-refractivity contribution in [1.82, 2.24) is 4.90 Å². The van der Waals surface area contributed by atoms with Crippen molar-refractivity contribution in [1.29, 1.82) is 0 Å². The molecule has 16 heavy (non-hydrogen) atoms. The van der Waals surface area contributed by atoms with E-state index in [-0.39, 0.29) is 12.5 Å². The fourth-order valence-electron chi connectivity index (χ4n) is 1.45. The van der Waals surface area contributed by atoms with E-state index >= 15 is 0 Å². The van der Waals surface area contributed by atoms with Gasteiger partial charge < -0.3 is 10.0 Å². The monoisotopic (exact) mass is 261 g/mol. The minimum absolute atomic E-state index is 0.0183. The highest BCUT2D eigenvalue weighted by atomic mass is 35.5. The summed E-state index contributed by atoms with van der Waals surface area (Å²) in [5.74, 6) is 0.0843. The topological polar surface area (TPSA) is 40.5 Å². The predicted octanol–water partition coefficient (Wildman–Crippen LogP) is 2.17. The van der Waals surface area contributed by atoms with Crippen LogP contribution in [0, 0.1) is 0 Å². The van der Waals surface area contributed by atoms with Crippen LogP contribution in [0.3, 0.4) is 0 Å². The molecule has 0 fully saturated rings. The second kappa shape index (κ2) is 6.89. The van der Waals surface area contributed by atoms with Crippen LogP contribution in [-0.2, 0) is 11.2 Å². The first-order valence-corrected chi connectivity index (χ1v) is 6.49. The summed E-state index contributed by atoms with van der Waals surface area (Å²) in [7, 11) is 0. The molecule has 1 aromatic rings. The molecule has 0 aromatic carbocycles. The molecule has 1 aromatic heterocycles. The lowest BCUT2D eigenvalue weighted by Gasteiger charge is -2.19. The third-order valence-corrected chi connectivity index (χ3v) is 3.61. The Morgan fingerprint density at radius 2 is 2.31 bits per heavy atom. The van der Waals surface area contributed by atoms with Gasteiger partial charge in [-0.15, -0.1) is 11.3 Å². The van der Waals surface area contributed by atoms with E-state index in [1.807, 2.05) is 19.1 Å². The van der Waals surface area contributed by atoms with Crippen LogP contribution in [-0.4, -0.2) is 35.6 Å². The van der Waals surface area contributed by atoms with Gasteiger partial charge in [0.25, 0.3) is 0 Å². The Morgan fingerprint density at radius 1 is 1.56 bits per heavy atom. The van der Waals surface area contributed by atoms with Crippen molar-refractivity contribution in [3.8, 4) is 0 Å². The maximum absolute atomic E-state index is 11.7. The van der Waals surface area contributed by atoms with Crippen molar-refractivity contribution in [2.24, 2.45) is 0 Å². The molecule has 0 bridgehead atoms. The van der Waals surface area contributed by atoms with Gasteiger partial charge in [0.2, 0.25) is 5.91 Å². The van der Waals surface area contributed by atoms with E-state index in [0.29, 0.717) is 19.5 Å². The zero-order valence-electron chi connectivity index (χ0n) is 9.28. The van der Waals surface area contributed by atoms with E-state index in [4.69, 9.17) is 16.7 Å². The van der Waals surface area contributed by atoms with Gasteiger partial charge in [-0.2, -0.15) is 0 Å². The zero-order valence-corrected chi connectivity index (χ0v) is 10.9. The Balaban J connectivity index is 2.39. The number of nitrogens with zero attached hydrogens (tertiary/aromatic N) is 1. The maximum atomic E-state index is 11.7. The highest BCUT2D eigenvalue weighted by Gasteiger charge is 2.11. The first-order valence-electron chi connectivity index (χ1n) is 5.30. The Kier molecular flexibility index (Phi) is 5.80. The third kappa shape index (κ3) is 4.12. The van der Waals surface area contributed by atoms with Gasteiger partial charge in [0.05, 0.1) is 10.9 Å². The largest absolute Gasteiger partial charge is 0.395 e. The smallest absolute Gasteiger partial charge is 0.222 e. The van der Waals surface area contributed by atoms with Gasteiger partial charge in [0.15, 0.2) is 0 Å². The van der Waals surface area contributed by atoms with E-state index in [1.165, 1.54) is 11.3 Å². The van der Waals surface area contributed by atoms with Gasteiger partial charge in [0.1, 0.15) is 0 Å². The number of aliphatic hydroxyl groups is 1. The summed E-state index contributed by atoms with van der Waals surface area (Å²) in [5, 5.41) is 8.80. The summed E-state index contributed by atoms with van der Waals surface area (Å²) < 4.78 is 0.755. The number of rotatable bonds is 6. The third-order valence-electron chi connectivity index (χ3n) is 2.32. The minimum atomic E-state index is 0.0183. The fraction of sp³-hybridized carbons (Fsp3) is 0.545. The molecule has 0 atom stereocenters. The zero-order chi connectivity index (χ0) is 12.0. The number of aryl methyl sites for hydroxylation is 1. The number of hydrogen-bond acceptors (Lipinski definition) is 3. The van der Waals surface area contributed by atoms with Crippen LogP contribution < -0.4 is 0 Å². The normalized spacial score (nSPS) is 10.4. The number of amides is 1. The number of aliphatic hydroxyl groups excluding tert-OH is 1. The second-order valence-electron chi connectivity index (χ2n) is 3.40. The van der Waals surface area contributed by atoms with Gasteiger partial charge >= 0.3 is 0 Å². The molecule has 0 radical (unpaired) electrons. The first kappa shape index (κ1) is 13.5. The summed E-state index contributed by atoms with van der Waals surface area (Å²) in [4.78, 5) is 14.5. The molecule has 90 valence electrons. The number of likely N-dealkylation sites (N-methyl/N-ethyl adjacent to an activating group) is 1. The quantitative estimate of drug-likeness (QED) is 0.853. The Hall–Kier alpha value is -0.580. The number of carbonyl (C=O) groups excluding carboxylic acids is 1. The SMILES string of the molecule is CCN(CCO)C(=O)CCc1ccc(Cl)s1. The lowest BCUT2D eigenvalue weighted by molar-refractivity contribution is -0.131. The molecule has 0 aliphatic carbocycles. The Labute approximate surface area is 105 Å². The standard InChI is InChI=1S/C11H16ClNO2S/c1-2-13(7-8-14)11(15)6-4-9-3-5-10(12)16-9/h3,5,14H,2,4,6-8H2,1H3. The van der Waals surface area contributed by atoms with Gasteiger partial charge in [-0.05, 0) is 25.5 Å². The molecule has 3 nitrogen and oxygen atoms in total. The van der Waals surface area contributed by atoms with Crippen molar-refractivity contribution in [3.05, 3.63) is 21.3 Å². The van der Waals surface area contributed by atoms with Crippen molar-refractivity contribution in [3.63, 3.8) is 0 Å². The van der Waals surface area contributed by atoms with Crippen LogP contribution in [0.2, 0.25) is 4.34 Å². The molecule has 1 rings (SSSR count). The van der Waals surface area contributed by atoms with Crippen LogP contribution >= 0.6 is 22.9 Å². The van der Waals surface area contributed by atoms with E-state index in [1.54, 1.807) is 4.90 Å². The predicted molar refractivity (Wildman–Crippen MR) is 67.0 cm³/mol. The van der Waals surface area contributed by atoms with Crippen molar-refractivity contribution in [2.45, 2.75) is 19.8 Å². The Bertz CT molecular complexity index is 340. The van der Waals surface area contributed by atoms with Gasteiger partial charge in [0, 0.05) is 24.4 Å². The maximum Gasteiger partial charge on any atom is 0.222 e. The summed E-state index contributed by atoms with van der Waals surface area (Å²) in [6, 6.07) is 3.79. The van der Waals surface area contributed by atoms with Crippen LogP contribution in [0.25, 0.3) is 0 Å². The molecule has 0 saturated carbocycles. The highest BCUT2D eigenvalue weighted by molar-refractivity contribution is 7.16. The molecule has 1 amide bonds.